The van der Waals surface area contributed by atoms with E-state index < -0.39 is 11.7 Å². The number of amides is 1. The fourth-order valence-electron chi connectivity index (χ4n) is 3.31. The predicted octanol–water partition coefficient (Wildman–Crippen LogP) is 3.46. The summed E-state index contributed by atoms with van der Waals surface area (Å²) in [4.78, 5) is 14.3. The summed E-state index contributed by atoms with van der Waals surface area (Å²) in [5.41, 5.74) is 6.68. The topological polar surface area (TPSA) is 53.6 Å². The standard InChI is InChI=1S/C19H31N3O2/c1-14-11-17(20-21-18(23)24-19(3,4)5)12-15(2)22(14)13-16-9-7-6-8-10-16/h6-10,14-15,17,20H,11-13H2,1-5H3,(H,21,23). The molecule has 1 fully saturated rings. The molecule has 1 saturated heterocycles. The molecule has 5 nitrogen and oxygen atoms in total. The average Bonchev–Trinajstić information content (AvgIpc) is 2.48. The van der Waals surface area contributed by atoms with Gasteiger partial charge in [0.05, 0.1) is 0 Å². The van der Waals surface area contributed by atoms with Crippen molar-refractivity contribution in [2.45, 2.75) is 77.7 Å². The van der Waals surface area contributed by atoms with Gasteiger partial charge in [0, 0.05) is 24.7 Å². The zero-order chi connectivity index (χ0) is 17.7. The Balaban J connectivity index is 1.83. The number of likely N-dealkylation sites (tertiary alicyclic amines) is 1. The lowest BCUT2D eigenvalue weighted by atomic mass is 9.92. The quantitative estimate of drug-likeness (QED) is 0.829. The summed E-state index contributed by atoms with van der Waals surface area (Å²) in [7, 11) is 0. The molecule has 1 aliphatic heterocycles. The van der Waals surface area contributed by atoms with E-state index in [1.807, 2.05) is 20.8 Å². The largest absolute Gasteiger partial charge is 0.443 e. The van der Waals surface area contributed by atoms with E-state index in [2.05, 4.69) is 59.9 Å². The van der Waals surface area contributed by atoms with Crippen LogP contribution in [0.25, 0.3) is 0 Å². The van der Waals surface area contributed by atoms with Crippen LogP contribution < -0.4 is 10.9 Å². The second-order valence-electron chi connectivity index (χ2n) is 7.80. The summed E-state index contributed by atoms with van der Waals surface area (Å²) >= 11 is 0. The molecular weight excluding hydrogens is 302 g/mol. The number of ether oxygens (including phenoxy) is 1. The lowest BCUT2D eigenvalue weighted by Gasteiger charge is -2.43. The van der Waals surface area contributed by atoms with Crippen LogP contribution >= 0.6 is 0 Å². The first-order valence-electron chi connectivity index (χ1n) is 8.79. The third-order valence-corrected chi connectivity index (χ3v) is 4.37. The van der Waals surface area contributed by atoms with Crippen molar-refractivity contribution in [2.24, 2.45) is 0 Å². The fraction of sp³-hybridized carbons (Fsp3) is 0.632. The van der Waals surface area contributed by atoms with E-state index in [1.165, 1.54) is 5.56 Å². The van der Waals surface area contributed by atoms with Crippen LogP contribution in [0, 0.1) is 0 Å². The Morgan fingerprint density at radius 2 is 1.75 bits per heavy atom. The molecule has 1 heterocycles. The number of piperidine rings is 1. The lowest BCUT2D eigenvalue weighted by Crippen LogP contribution is -2.55. The van der Waals surface area contributed by atoms with Gasteiger partial charge in [0.25, 0.3) is 0 Å². The Labute approximate surface area is 145 Å². The third kappa shape index (κ3) is 5.80. The molecule has 0 aromatic heterocycles. The summed E-state index contributed by atoms with van der Waals surface area (Å²) in [6.45, 7) is 11.0. The molecule has 0 radical (unpaired) electrons. The van der Waals surface area contributed by atoms with Crippen LogP contribution in [-0.4, -0.2) is 34.7 Å². The first-order valence-corrected chi connectivity index (χ1v) is 8.79. The highest BCUT2D eigenvalue weighted by molar-refractivity contribution is 5.67. The number of hydrazine groups is 1. The first-order chi connectivity index (χ1) is 11.2. The van der Waals surface area contributed by atoms with E-state index in [9.17, 15) is 4.79 Å². The number of benzene rings is 1. The van der Waals surface area contributed by atoms with Crippen LogP contribution in [0.15, 0.2) is 30.3 Å². The van der Waals surface area contributed by atoms with Gasteiger partial charge in [-0.15, -0.1) is 0 Å². The minimum absolute atomic E-state index is 0.259. The van der Waals surface area contributed by atoms with Crippen LogP contribution in [-0.2, 0) is 11.3 Å². The number of carbonyl (C=O) groups excluding carboxylic acids is 1. The molecule has 1 aromatic rings. The highest BCUT2D eigenvalue weighted by atomic mass is 16.6. The molecule has 0 saturated carbocycles. The van der Waals surface area contributed by atoms with Crippen molar-refractivity contribution in [1.82, 2.24) is 15.8 Å². The van der Waals surface area contributed by atoms with Crippen molar-refractivity contribution in [3.8, 4) is 0 Å². The molecule has 0 spiro atoms. The summed E-state index contributed by atoms with van der Waals surface area (Å²) in [5, 5.41) is 0. The Morgan fingerprint density at radius 3 is 2.29 bits per heavy atom. The lowest BCUT2D eigenvalue weighted by molar-refractivity contribution is 0.0414. The van der Waals surface area contributed by atoms with Crippen molar-refractivity contribution in [3.05, 3.63) is 35.9 Å². The Morgan fingerprint density at radius 1 is 1.17 bits per heavy atom. The molecule has 2 N–H and O–H groups in total. The number of hydrogen-bond donors (Lipinski definition) is 2. The summed E-state index contributed by atoms with van der Waals surface area (Å²) in [6, 6.07) is 11.7. The molecule has 1 aliphatic rings. The molecule has 0 bridgehead atoms. The molecule has 24 heavy (non-hydrogen) atoms. The summed E-state index contributed by atoms with van der Waals surface area (Å²) in [6.07, 6.45) is 1.56. The molecule has 134 valence electrons. The van der Waals surface area contributed by atoms with Gasteiger partial charge in [0.1, 0.15) is 5.60 Å². The first kappa shape index (κ1) is 18.7. The molecule has 1 aromatic carbocycles. The summed E-state index contributed by atoms with van der Waals surface area (Å²) < 4.78 is 5.26. The number of rotatable bonds is 4. The third-order valence-electron chi connectivity index (χ3n) is 4.37. The molecule has 0 aliphatic carbocycles. The van der Waals surface area contributed by atoms with Crippen LogP contribution in [0.2, 0.25) is 0 Å². The maximum atomic E-state index is 11.8. The average molecular weight is 333 g/mol. The maximum absolute atomic E-state index is 11.8. The Bertz CT molecular complexity index is 515. The Kier molecular flexibility index (Phi) is 6.24. The molecule has 2 rings (SSSR count). The number of carbonyl (C=O) groups is 1. The van der Waals surface area contributed by atoms with E-state index in [0.717, 1.165) is 19.4 Å². The SMILES string of the molecule is CC1CC(NNC(=O)OC(C)(C)C)CC(C)N1Cc1ccccc1. The fourth-order valence-corrected chi connectivity index (χ4v) is 3.31. The second-order valence-corrected chi connectivity index (χ2v) is 7.80. The monoisotopic (exact) mass is 333 g/mol. The number of nitrogens with one attached hydrogen (secondary N) is 2. The van der Waals surface area contributed by atoms with Crippen molar-refractivity contribution in [3.63, 3.8) is 0 Å². The predicted molar refractivity (Wildman–Crippen MR) is 96.4 cm³/mol. The molecule has 2 unspecified atom stereocenters. The van der Waals surface area contributed by atoms with Crippen LogP contribution in [0.3, 0.4) is 0 Å². The Hall–Kier alpha value is -1.59. The van der Waals surface area contributed by atoms with E-state index in [1.54, 1.807) is 0 Å². The van der Waals surface area contributed by atoms with Gasteiger partial charge in [-0.2, -0.15) is 0 Å². The van der Waals surface area contributed by atoms with Gasteiger partial charge in [0.2, 0.25) is 0 Å². The minimum Gasteiger partial charge on any atom is -0.443 e. The van der Waals surface area contributed by atoms with Gasteiger partial charge < -0.3 is 4.74 Å². The van der Waals surface area contributed by atoms with Crippen LogP contribution in [0.5, 0.6) is 0 Å². The van der Waals surface area contributed by atoms with Gasteiger partial charge in [-0.05, 0) is 53.0 Å². The summed E-state index contributed by atoms with van der Waals surface area (Å²) in [5.74, 6) is 0. The minimum atomic E-state index is -0.481. The van der Waals surface area contributed by atoms with Gasteiger partial charge >= 0.3 is 6.09 Å². The van der Waals surface area contributed by atoms with E-state index in [4.69, 9.17) is 4.74 Å². The van der Waals surface area contributed by atoms with Crippen LogP contribution in [0.4, 0.5) is 4.79 Å². The van der Waals surface area contributed by atoms with E-state index in [-0.39, 0.29) is 6.04 Å². The van der Waals surface area contributed by atoms with Crippen molar-refractivity contribution >= 4 is 6.09 Å². The maximum Gasteiger partial charge on any atom is 0.422 e. The van der Waals surface area contributed by atoms with Gasteiger partial charge in [-0.25, -0.2) is 10.2 Å². The number of hydrogen-bond acceptors (Lipinski definition) is 4. The van der Waals surface area contributed by atoms with Crippen molar-refractivity contribution in [1.29, 1.82) is 0 Å². The van der Waals surface area contributed by atoms with Gasteiger partial charge in [-0.3, -0.25) is 10.3 Å². The molecular formula is C19H31N3O2. The zero-order valence-corrected chi connectivity index (χ0v) is 15.5. The highest BCUT2D eigenvalue weighted by Crippen LogP contribution is 2.25. The molecule has 2 atom stereocenters. The van der Waals surface area contributed by atoms with E-state index >= 15 is 0 Å². The van der Waals surface area contributed by atoms with E-state index in [0.29, 0.717) is 12.1 Å². The zero-order valence-electron chi connectivity index (χ0n) is 15.5. The van der Waals surface area contributed by atoms with Crippen molar-refractivity contribution in [2.75, 3.05) is 0 Å². The molecule has 1 amide bonds. The van der Waals surface area contributed by atoms with Gasteiger partial charge in [-0.1, -0.05) is 30.3 Å². The van der Waals surface area contributed by atoms with Crippen LogP contribution in [0.1, 0.15) is 53.0 Å². The molecule has 5 heteroatoms. The van der Waals surface area contributed by atoms with Gasteiger partial charge in [0.15, 0.2) is 0 Å². The number of nitrogens with zero attached hydrogens (tertiary/aromatic N) is 1. The second kappa shape index (κ2) is 7.99. The smallest absolute Gasteiger partial charge is 0.422 e. The van der Waals surface area contributed by atoms with Crippen molar-refractivity contribution < 1.29 is 9.53 Å². The normalized spacial score (nSPS) is 25.3. The highest BCUT2D eigenvalue weighted by Gasteiger charge is 2.31.